The van der Waals surface area contributed by atoms with Gasteiger partial charge in [0.15, 0.2) is 5.75 Å². The molecule has 0 fully saturated rings. The molecule has 0 radical (unpaired) electrons. The molecule has 1 aliphatic rings. The fraction of sp³-hybridized carbons (Fsp3) is 0. The number of hydrogen-bond donors (Lipinski definition) is 1. The van der Waals surface area contributed by atoms with Crippen LogP contribution in [0.4, 0.5) is 0 Å². The second-order valence-electron chi connectivity index (χ2n) is 2.29. The lowest BCUT2D eigenvalue weighted by Gasteiger charge is -2.21. The van der Waals surface area contributed by atoms with Gasteiger partial charge in [0, 0.05) is 11.6 Å². The molecule has 0 bridgehead atoms. The molecular formula is C8H7NOS. The van der Waals surface area contributed by atoms with Crippen LogP contribution in [0.25, 0.3) is 6.08 Å². The number of nitrogens with one attached hydrogen (secondary N) is 1. The second kappa shape index (κ2) is 2.60. The average molecular weight is 165 g/mol. The molecule has 0 saturated heterocycles. The van der Waals surface area contributed by atoms with E-state index >= 15 is 0 Å². The van der Waals surface area contributed by atoms with Crippen LogP contribution in [0, 0.1) is 0 Å². The Bertz CT molecular complexity index is 298. The molecule has 2 nitrogen and oxygen atoms in total. The van der Waals surface area contributed by atoms with Gasteiger partial charge in [0.25, 0.3) is 0 Å². The number of quaternary nitrogens is 1. The predicted octanol–water partition coefficient (Wildman–Crippen LogP) is 0.311. The van der Waals surface area contributed by atoms with Crippen molar-refractivity contribution in [1.29, 1.82) is 0 Å². The Labute approximate surface area is 70.6 Å². The fourth-order valence-electron chi connectivity index (χ4n) is 1.01. The highest BCUT2D eigenvalue weighted by atomic mass is 32.1. The number of fused-ring (bicyclic) bond motifs is 1. The van der Waals surface area contributed by atoms with E-state index in [2.05, 4.69) is 0 Å². The molecule has 1 aromatic rings. The Hall–Kier alpha value is -0.930. The van der Waals surface area contributed by atoms with Crippen LogP contribution in [0.3, 0.4) is 0 Å². The zero-order valence-corrected chi connectivity index (χ0v) is 6.60. The van der Waals surface area contributed by atoms with Crippen LogP contribution in [-0.2, 0) is 12.8 Å². The van der Waals surface area contributed by atoms with Gasteiger partial charge < -0.3 is 17.7 Å². The topological polar surface area (TPSA) is 13.7 Å². The number of benzene rings is 1. The predicted molar refractivity (Wildman–Crippen MR) is 44.4 cm³/mol. The maximum absolute atomic E-state index is 5.28. The number of para-hydroxylation sites is 1. The number of hydrogen-bond acceptors (Lipinski definition) is 2. The third-order valence-corrected chi connectivity index (χ3v) is 1.75. The maximum atomic E-state index is 5.28. The first-order valence-corrected chi connectivity index (χ1v) is 3.76. The maximum Gasteiger partial charge on any atom is 0.195 e. The minimum atomic E-state index is 0.531. The van der Waals surface area contributed by atoms with E-state index in [1.165, 1.54) is 0 Å². The summed E-state index contributed by atoms with van der Waals surface area (Å²) in [4.78, 5) is 5.28. The van der Waals surface area contributed by atoms with Crippen molar-refractivity contribution < 1.29 is 9.31 Å². The molecule has 0 amide bonds. The summed E-state index contributed by atoms with van der Waals surface area (Å²) in [5.41, 5.74) is 1.08. The summed E-state index contributed by atoms with van der Waals surface area (Å²) in [6, 6.07) is 7.81. The Morgan fingerprint density at radius 1 is 1.27 bits per heavy atom. The zero-order valence-electron chi connectivity index (χ0n) is 5.78. The summed E-state index contributed by atoms with van der Waals surface area (Å²) in [5.74, 6) is 0.847. The first-order valence-electron chi connectivity index (χ1n) is 3.35. The Morgan fingerprint density at radius 2 is 2.09 bits per heavy atom. The standard InChI is InChI=1S/C8H7NOS/c11-9-6-5-7-3-1-2-4-8(7)10-9/h1-6,9H. The second-order valence-corrected chi connectivity index (χ2v) is 2.69. The molecule has 11 heavy (non-hydrogen) atoms. The van der Waals surface area contributed by atoms with E-state index in [9.17, 15) is 0 Å². The summed E-state index contributed by atoms with van der Waals surface area (Å²) in [5, 5.41) is 0. The first-order chi connectivity index (χ1) is 5.36. The average Bonchev–Trinajstić information content (AvgIpc) is 2.04. The molecule has 0 aromatic heterocycles. The summed E-state index contributed by atoms with van der Waals surface area (Å²) in [6.45, 7) is 0. The molecule has 0 saturated carbocycles. The van der Waals surface area contributed by atoms with E-state index in [1.54, 1.807) is 6.20 Å². The first kappa shape index (κ1) is 6.76. The molecule has 1 aliphatic heterocycles. The van der Waals surface area contributed by atoms with Gasteiger partial charge in [-0.2, -0.15) is 0 Å². The van der Waals surface area contributed by atoms with Gasteiger partial charge >= 0.3 is 0 Å². The van der Waals surface area contributed by atoms with E-state index in [0.717, 1.165) is 11.3 Å². The molecule has 2 rings (SSSR count). The monoisotopic (exact) mass is 165 g/mol. The van der Waals surface area contributed by atoms with E-state index in [0.29, 0.717) is 4.47 Å². The minimum Gasteiger partial charge on any atom is -0.437 e. The fourth-order valence-corrected chi connectivity index (χ4v) is 1.17. The molecule has 0 aliphatic carbocycles. The quantitative estimate of drug-likeness (QED) is 0.556. The smallest absolute Gasteiger partial charge is 0.195 e. The van der Waals surface area contributed by atoms with Crippen LogP contribution in [0.15, 0.2) is 30.5 Å². The lowest BCUT2D eigenvalue weighted by Crippen LogP contribution is -3.05. The highest BCUT2D eigenvalue weighted by molar-refractivity contribution is 7.51. The third kappa shape index (κ3) is 1.25. The van der Waals surface area contributed by atoms with Gasteiger partial charge in [-0.1, -0.05) is 18.2 Å². The van der Waals surface area contributed by atoms with E-state index in [4.69, 9.17) is 17.7 Å². The van der Waals surface area contributed by atoms with Crippen molar-refractivity contribution in [2.24, 2.45) is 0 Å². The summed E-state index contributed by atoms with van der Waals surface area (Å²) >= 11 is 4.87. The Kier molecular flexibility index (Phi) is 1.60. The van der Waals surface area contributed by atoms with Crippen molar-refractivity contribution in [3.05, 3.63) is 36.0 Å². The van der Waals surface area contributed by atoms with Gasteiger partial charge in [0.1, 0.15) is 6.20 Å². The third-order valence-electron chi connectivity index (χ3n) is 1.53. The molecule has 1 atom stereocenters. The Balaban J connectivity index is 2.46. The van der Waals surface area contributed by atoms with Crippen molar-refractivity contribution in [3.63, 3.8) is 0 Å². The molecule has 0 spiro atoms. The summed E-state index contributed by atoms with van der Waals surface area (Å²) in [7, 11) is 0. The van der Waals surface area contributed by atoms with Crippen LogP contribution >= 0.6 is 0 Å². The molecule has 1 unspecified atom stereocenters. The highest BCUT2D eigenvalue weighted by Gasteiger charge is 2.07. The van der Waals surface area contributed by atoms with Crippen LogP contribution in [0.1, 0.15) is 5.56 Å². The molecule has 1 aromatic carbocycles. The van der Waals surface area contributed by atoms with Crippen molar-refractivity contribution in [3.8, 4) is 5.75 Å². The van der Waals surface area contributed by atoms with Crippen LogP contribution in [-0.4, -0.2) is 0 Å². The lowest BCUT2D eigenvalue weighted by molar-refractivity contribution is -0.895. The van der Waals surface area contributed by atoms with Gasteiger partial charge in [-0.3, -0.25) is 0 Å². The van der Waals surface area contributed by atoms with Crippen LogP contribution < -0.4 is 9.31 Å². The highest BCUT2D eigenvalue weighted by Crippen LogP contribution is 2.18. The van der Waals surface area contributed by atoms with E-state index < -0.39 is 0 Å². The van der Waals surface area contributed by atoms with Crippen LogP contribution in [0.5, 0.6) is 5.75 Å². The van der Waals surface area contributed by atoms with Crippen molar-refractivity contribution in [1.82, 2.24) is 0 Å². The van der Waals surface area contributed by atoms with Gasteiger partial charge in [-0.05, 0) is 6.07 Å². The van der Waals surface area contributed by atoms with Crippen molar-refractivity contribution >= 4 is 18.9 Å². The SMILES string of the molecule is [S-][NH+]1C=Cc2ccccc2O1. The van der Waals surface area contributed by atoms with E-state index in [-0.39, 0.29) is 0 Å². The molecule has 1 N–H and O–H groups in total. The largest absolute Gasteiger partial charge is 0.437 e. The van der Waals surface area contributed by atoms with Gasteiger partial charge in [-0.25, -0.2) is 4.47 Å². The zero-order chi connectivity index (χ0) is 7.68. The molecule has 1 heterocycles. The van der Waals surface area contributed by atoms with E-state index in [1.807, 2.05) is 30.3 Å². The van der Waals surface area contributed by atoms with Gasteiger partial charge in [0.05, 0.1) is 0 Å². The van der Waals surface area contributed by atoms with Crippen molar-refractivity contribution in [2.45, 2.75) is 0 Å². The van der Waals surface area contributed by atoms with Gasteiger partial charge in [0.2, 0.25) is 0 Å². The summed E-state index contributed by atoms with van der Waals surface area (Å²) < 4.78 is 0.531. The minimum absolute atomic E-state index is 0.531. The van der Waals surface area contributed by atoms with Gasteiger partial charge in [-0.15, -0.1) is 0 Å². The number of hydroxylamine groups is 1. The van der Waals surface area contributed by atoms with Crippen molar-refractivity contribution in [2.75, 3.05) is 0 Å². The molecule has 3 heteroatoms. The number of rotatable bonds is 0. The lowest BCUT2D eigenvalue weighted by atomic mass is 10.2. The molecular weight excluding hydrogens is 158 g/mol. The van der Waals surface area contributed by atoms with Crippen LogP contribution in [0.2, 0.25) is 0 Å². The Morgan fingerprint density at radius 3 is 3.00 bits per heavy atom. The molecule has 56 valence electrons. The summed E-state index contributed by atoms with van der Waals surface area (Å²) in [6.07, 6.45) is 3.75. The normalized spacial score (nSPS) is 20.6.